The summed E-state index contributed by atoms with van der Waals surface area (Å²) in [6, 6.07) is 3.56. The van der Waals surface area contributed by atoms with Crippen LogP contribution in [0.25, 0.3) is 0 Å². The Morgan fingerprint density at radius 3 is 2.79 bits per heavy atom. The van der Waals surface area contributed by atoms with E-state index in [0.29, 0.717) is 16.6 Å². The average Bonchev–Trinajstić information content (AvgIpc) is 2.70. The maximum absolute atomic E-state index is 10.1. The van der Waals surface area contributed by atoms with E-state index in [-0.39, 0.29) is 0 Å². The molecule has 1 saturated carbocycles. The Balaban J connectivity index is 2.17. The molecule has 0 saturated heterocycles. The van der Waals surface area contributed by atoms with Gasteiger partial charge in [-0.2, -0.15) is 0 Å². The second kappa shape index (κ2) is 4.28. The number of rotatable bonds is 2. The van der Waals surface area contributed by atoms with Gasteiger partial charge < -0.3 is 5.11 Å². The van der Waals surface area contributed by atoms with E-state index < -0.39 is 6.10 Å². The van der Waals surface area contributed by atoms with E-state index in [2.05, 4.69) is 4.98 Å². The second-order valence-corrected chi connectivity index (χ2v) is 4.27. The molecule has 1 heterocycles. The molecule has 14 heavy (non-hydrogen) atoms. The van der Waals surface area contributed by atoms with Crippen LogP contribution in [-0.4, -0.2) is 10.1 Å². The zero-order valence-electron chi connectivity index (χ0n) is 7.99. The number of aromatic nitrogens is 1. The maximum Gasteiger partial charge on any atom is 0.100 e. The molecule has 1 N–H and O–H groups in total. The summed E-state index contributed by atoms with van der Waals surface area (Å²) in [6.07, 6.45) is 5.81. The van der Waals surface area contributed by atoms with Gasteiger partial charge in [0.2, 0.25) is 0 Å². The quantitative estimate of drug-likeness (QED) is 0.816. The number of hydrogen-bond donors (Lipinski definition) is 1. The van der Waals surface area contributed by atoms with E-state index >= 15 is 0 Å². The molecule has 0 radical (unpaired) electrons. The molecule has 2 rings (SSSR count). The van der Waals surface area contributed by atoms with Crippen molar-refractivity contribution in [2.24, 2.45) is 5.92 Å². The molecule has 0 spiro atoms. The first-order valence-corrected chi connectivity index (χ1v) is 5.45. The van der Waals surface area contributed by atoms with Gasteiger partial charge in [0, 0.05) is 6.20 Å². The lowest BCUT2D eigenvalue weighted by atomic mass is 9.98. The van der Waals surface area contributed by atoms with Crippen LogP contribution in [-0.2, 0) is 0 Å². The topological polar surface area (TPSA) is 33.1 Å². The predicted octanol–water partition coefficient (Wildman–Crippen LogP) is 2.96. The molecule has 0 aromatic carbocycles. The van der Waals surface area contributed by atoms with Gasteiger partial charge >= 0.3 is 0 Å². The summed E-state index contributed by atoms with van der Waals surface area (Å²) in [6.45, 7) is 0. The summed E-state index contributed by atoms with van der Waals surface area (Å²) in [4.78, 5) is 4.14. The zero-order chi connectivity index (χ0) is 9.97. The van der Waals surface area contributed by atoms with E-state index in [9.17, 15) is 5.11 Å². The van der Waals surface area contributed by atoms with E-state index in [0.717, 1.165) is 12.8 Å². The van der Waals surface area contributed by atoms with E-state index in [4.69, 9.17) is 11.6 Å². The molecular formula is C11H14ClNO. The minimum atomic E-state index is -0.480. The van der Waals surface area contributed by atoms with Crippen molar-refractivity contribution in [3.63, 3.8) is 0 Å². The highest BCUT2D eigenvalue weighted by Gasteiger charge is 2.26. The molecule has 2 nitrogen and oxygen atoms in total. The third kappa shape index (κ3) is 1.91. The van der Waals surface area contributed by atoms with E-state index in [1.807, 2.05) is 0 Å². The highest BCUT2D eigenvalue weighted by atomic mass is 35.5. The molecule has 1 aliphatic carbocycles. The third-order valence-corrected chi connectivity index (χ3v) is 3.23. The lowest BCUT2D eigenvalue weighted by Crippen LogP contribution is -2.10. The van der Waals surface area contributed by atoms with Crippen LogP contribution in [0.4, 0.5) is 0 Å². The number of aliphatic hydroxyl groups is 1. The fourth-order valence-electron chi connectivity index (χ4n) is 2.11. The Bertz CT molecular complexity index is 310. The number of halogens is 1. The van der Waals surface area contributed by atoms with Crippen LogP contribution in [0.1, 0.15) is 37.5 Å². The number of nitrogens with zero attached hydrogens (tertiary/aromatic N) is 1. The van der Waals surface area contributed by atoms with Crippen LogP contribution in [0.3, 0.4) is 0 Å². The largest absolute Gasteiger partial charge is 0.386 e. The predicted molar refractivity (Wildman–Crippen MR) is 56.2 cm³/mol. The molecule has 1 aromatic heterocycles. The van der Waals surface area contributed by atoms with Gasteiger partial charge in [-0.15, -0.1) is 0 Å². The standard InChI is InChI=1S/C11H14ClNO/c12-9-6-3-7-13-10(9)11(14)8-4-1-2-5-8/h3,6-8,11,14H,1-2,4-5H2. The Kier molecular flexibility index (Phi) is 3.04. The van der Waals surface area contributed by atoms with Gasteiger partial charge in [-0.05, 0) is 30.9 Å². The first-order chi connectivity index (χ1) is 6.79. The lowest BCUT2D eigenvalue weighted by molar-refractivity contribution is 0.107. The number of pyridine rings is 1. The summed E-state index contributed by atoms with van der Waals surface area (Å²) in [7, 11) is 0. The van der Waals surface area contributed by atoms with Gasteiger partial charge in [-0.1, -0.05) is 24.4 Å². The fourth-order valence-corrected chi connectivity index (χ4v) is 2.35. The molecule has 0 bridgehead atoms. The molecule has 1 aliphatic rings. The van der Waals surface area contributed by atoms with Crippen LogP contribution in [0.5, 0.6) is 0 Å². The van der Waals surface area contributed by atoms with Crippen molar-refractivity contribution in [3.8, 4) is 0 Å². The van der Waals surface area contributed by atoms with Crippen LogP contribution in [0, 0.1) is 5.92 Å². The summed E-state index contributed by atoms with van der Waals surface area (Å²) in [5.74, 6) is 0.349. The van der Waals surface area contributed by atoms with E-state index in [1.54, 1.807) is 18.3 Å². The van der Waals surface area contributed by atoms with Gasteiger partial charge in [-0.3, -0.25) is 4.98 Å². The van der Waals surface area contributed by atoms with Crippen LogP contribution < -0.4 is 0 Å². The van der Waals surface area contributed by atoms with Crippen LogP contribution in [0.15, 0.2) is 18.3 Å². The third-order valence-electron chi connectivity index (χ3n) is 2.91. The van der Waals surface area contributed by atoms with Crippen LogP contribution in [0.2, 0.25) is 5.02 Å². The molecule has 1 unspecified atom stereocenters. The summed E-state index contributed by atoms with van der Waals surface area (Å²) >= 11 is 5.98. The van der Waals surface area contributed by atoms with Gasteiger partial charge in [-0.25, -0.2) is 0 Å². The zero-order valence-corrected chi connectivity index (χ0v) is 8.74. The summed E-state index contributed by atoms with van der Waals surface area (Å²) in [5, 5.41) is 10.6. The van der Waals surface area contributed by atoms with Gasteiger partial charge in [0.1, 0.15) is 6.10 Å². The Hall–Kier alpha value is -0.600. The summed E-state index contributed by atoms with van der Waals surface area (Å²) in [5.41, 5.74) is 0.640. The van der Waals surface area contributed by atoms with Crippen LogP contribution >= 0.6 is 11.6 Å². The first kappa shape index (κ1) is 9.94. The Labute approximate surface area is 88.9 Å². The lowest BCUT2D eigenvalue weighted by Gasteiger charge is -2.17. The Morgan fingerprint density at radius 1 is 1.43 bits per heavy atom. The molecule has 0 aliphatic heterocycles. The molecule has 3 heteroatoms. The molecular weight excluding hydrogens is 198 g/mol. The number of hydrogen-bond acceptors (Lipinski definition) is 2. The average molecular weight is 212 g/mol. The van der Waals surface area contributed by atoms with E-state index in [1.165, 1.54) is 12.8 Å². The highest BCUT2D eigenvalue weighted by molar-refractivity contribution is 6.31. The highest BCUT2D eigenvalue weighted by Crippen LogP contribution is 2.36. The minimum absolute atomic E-state index is 0.349. The molecule has 1 atom stereocenters. The number of aliphatic hydroxyl groups excluding tert-OH is 1. The van der Waals surface area contributed by atoms with Crippen molar-refractivity contribution >= 4 is 11.6 Å². The maximum atomic E-state index is 10.1. The normalized spacial score (nSPS) is 19.9. The second-order valence-electron chi connectivity index (χ2n) is 3.86. The van der Waals surface area contributed by atoms with Crippen molar-refractivity contribution in [1.82, 2.24) is 4.98 Å². The Morgan fingerprint density at radius 2 is 2.14 bits per heavy atom. The monoisotopic (exact) mass is 211 g/mol. The minimum Gasteiger partial charge on any atom is -0.386 e. The van der Waals surface area contributed by atoms with Crippen molar-refractivity contribution in [3.05, 3.63) is 29.0 Å². The van der Waals surface area contributed by atoms with Gasteiger partial charge in [0.25, 0.3) is 0 Å². The van der Waals surface area contributed by atoms with Crippen molar-refractivity contribution in [2.75, 3.05) is 0 Å². The van der Waals surface area contributed by atoms with Crippen molar-refractivity contribution in [1.29, 1.82) is 0 Å². The molecule has 1 aromatic rings. The SMILES string of the molecule is OC(c1ncccc1Cl)C1CCCC1. The first-order valence-electron chi connectivity index (χ1n) is 5.07. The smallest absolute Gasteiger partial charge is 0.100 e. The van der Waals surface area contributed by atoms with Crippen molar-refractivity contribution in [2.45, 2.75) is 31.8 Å². The van der Waals surface area contributed by atoms with Gasteiger partial charge in [0.15, 0.2) is 0 Å². The molecule has 76 valence electrons. The molecule has 1 fully saturated rings. The molecule has 0 amide bonds. The fraction of sp³-hybridized carbons (Fsp3) is 0.545. The summed E-state index contributed by atoms with van der Waals surface area (Å²) < 4.78 is 0. The van der Waals surface area contributed by atoms with Crippen molar-refractivity contribution < 1.29 is 5.11 Å². The van der Waals surface area contributed by atoms with Gasteiger partial charge in [0.05, 0.1) is 10.7 Å².